The summed E-state index contributed by atoms with van der Waals surface area (Å²) in [6.07, 6.45) is 15.0. The molecule has 59 heavy (non-hydrogen) atoms. The maximum atomic E-state index is 7.18. The van der Waals surface area contributed by atoms with Gasteiger partial charge in [0.05, 0.1) is 32.0 Å². The summed E-state index contributed by atoms with van der Waals surface area (Å²) in [5, 5.41) is 0. The van der Waals surface area contributed by atoms with Crippen molar-refractivity contribution in [1.82, 2.24) is 0 Å². The van der Waals surface area contributed by atoms with Gasteiger partial charge in [0.2, 0.25) is 0 Å². The zero-order chi connectivity index (χ0) is 41.0. The molecule has 3 aromatic rings. The summed E-state index contributed by atoms with van der Waals surface area (Å²) >= 11 is 0. The summed E-state index contributed by atoms with van der Waals surface area (Å²) in [5.74, 6) is 5.02. The third-order valence-corrected chi connectivity index (χ3v) is 16.2. The van der Waals surface area contributed by atoms with Gasteiger partial charge in [-0.2, -0.15) is 0 Å². The highest BCUT2D eigenvalue weighted by Crippen LogP contribution is 2.67. The summed E-state index contributed by atoms with van der Waals surface area (Å²) in [6, 6.07) is 31.2. The van der Waals surface area contributed by atoms with Crippen LogP contribution in [-0.4, -0.2) is 36.8 Å². The van der Waals surface area contributed by atoms with Crippen LogP contribution in [0.3, 0.4) is 0 Å². The first-order valence-corrected chi connectivity index (χ1v) is 23.6. The standard InChI is InChI=1S/C54H74O5/c1-37(2)17-16-18-38(3)46-27-28-47-45-26-25-43-33-44(29-31-53(43,5)48(45)30-32-54(46,47)6)59-52-51(57-36-42-23-14-9-15-24-42)50(56-35-41-21-12-8-13-22-41)49(39(4)58-52)55-34-40-19-10-7-11-20-40/h7-15,19-25,37-39,44-52H,16-18,26-36H2,1-6H3/t38-,39+,44?,45+,46-,47+,48+,49-,50-,51+,52-,53+,54-/m1/s1. The lowest BCUT2D eigenvalue weighted by Crippen LogP contribution is -2.60. The highest BCUT2D eigenvalue weighted by Gasteiger charge is 2.59. The largest absolute Gasteiger partial charge is 0.368 e. The summed E-state index contributed by atoms with van der Waals surface area (Å²) in [6.45, 7) is 16.2. The molecule has 3 aromatic carbocycles. The highest BCUT2D eigenvalue weighted by molar-refractivity contribution is 5.26. The molecular weight excluding hydrogens is 729 g/mol. The zero-order valence-corrected chi connectivity index (χ0v) is 37.1. The quantitative estimate of drug-likeness (QED) is 0.135. The Bertz CT molecular complexity index is 1780. The third-order valence-electron chi connectivity index (χ3n) is 16.2. The molecule has 0 radical (unpaired) electrons. The van der Waals surface area contributed by atoms with Crippen molar-refractivity contribution in [3.8, 4) is 0 Å². The Balaban J connectivity index is 0.987. The lowest BCUT2D eigenvalue weighted by Gasteiger charge is -2.58. The van der Waals surface area contributed by atoms with E-state index in [-0.39, 0.29) is 23.7 Å². The smallest absolute Gasteiger partial charge is 0.187 e. The van der Waals surface area contributed by atoms with E-state index in [0.717, 1.165) is 65.0 Å². The van der Waals surface area contributed by atoms with Gasteiger partial charge in [0.15, 0.2) is 6.29 Å². The van der Waals surface area contributed by atoms with E-state index in [1.165, 1.54) is 57.8 Å². The molecule has 0 amide bonds. The Kier molecular flexibility index (Phi) is 13.9. The molecule has 13 atom stereocenters. The molecule has 8 rings (SSSR count). The van der Waals surface area contributed by atoms with Crippen LogP contribution in [0.4, 0.5) is 0 Å². The van der Waals surface area contributed by atoms with E-state index >= 15 is 0 Å². The first-order chi connectivity index (χ1) is 28.6. The molecular formula is C54H74O5. The second-order valence-corrected chi connectivity index (χ2v) is 20.3. The molecule has 1 unspecified atom stereocenters. The van der Waals surface area contributed by atoms with Crippen molar-refractivity contribution in [2.75, 3.05) is 0 Å². The second kappa shape index (κ2) is 19.1. The monoisotopic (exact) mass is 803 g/mol. The maximum absolute atomic E-state index is 7.18. The summed E-state index contributed by atoms with van der Waals surface area (Å²) in [4.78, 5) is 0. The minimum atomic E-state index is -0.578. The molecule has 0 aromatic heterocycles. The van der Waals surface area contributed by atoms with Crippen molar-refractivity contribution in [2.24, 2.45) is 46.3 Å². The third kappa shape index (κ3) is 9.51. The van der Waals surface area contributed by atoms with Crippen LogP contribution >= 0.6 is 0 Å². The molecule has 5 aliphatic rings. The van der Waals surface area contributed by atoms with Gasteiger partial charge in [0, 0.05) is 0 Å². The van der Waals surface area contributed by atoms with E-state index in [4.69, 9.17) is 23.7 Å². The van der Waals surface area contributed by atoms with Crippen LogP contribution in [0, 0.1) is 46.3 Å². The number of hydrogen-bond donors (Lipinski definition) is 0. The van der Waals surface area contributed by atoms with Crippen LogP contribution in [0.15, 0.2) is 103 Å². The van der Waals surface area contributed by atoms with Crippen LogP contribution in [0.5, 0.6) is 0 Å². The Morgan fingerprint density at radius 1 is 0.661 bits per heavy atom. The zero-order valence-electron chi connectivity index (χ0n) is 37.1. The minimum absolute atomic E-state index is 0.0684. The van der Waals surface area contributed by atoms with Crippen LogP contribution in [0.25, 0.3) is 0 Å². The fourth-order valence-corrected chi connectivity index (χ4v) is 12.9. The highest BCUT2D eigenvalue weighted by atomic mass is 16.7. The van der Waals surface area contributed by atoms with Crippen molar-refractivity contribution < 1.29 is 23.7 Å². The molecule has 320 valence electrons. The molecule has 5 nitrogen and oxygen atoms in total. The fourth-order valence-electron chi connectivity index (χ4n) is 12.9. The lowest BCUT2D eigenvalue weighted by molar-refractivity contribution is -0.330. The molecule has 0 spiro atoms. The van der Waals surface area contributed by atoms with Crippen molar-refractivity contribution >= 4 is 0 Å². The van der Waals surface area contributed by atoms with E-state index in [1.54, 1.807) is 5.57 Å². The number of ether oxygens (including phenoxy) is 5. The molecule has 1 saturated heterocycles. The molecule has 3 saturated carbocycles. The first-order valence-electron chi connectivity index (χ1n) is 23.6. The Morgan fingerprint density at radius 3 is 1.86 bits per heavy atom. The average Bonchev–Trinajstić information content (AvgIpc) is 3.60. The van der Waals surface area contributed by atoms with Crippen molar-refractivity contribution in [3.05, 3.63) is 119 Å². The van der Waals surface area contributed by atoms with E-state index in [0.29, 0.717) is 25.2 Å². The van der Waals surface area contributed by atoms with Gasteiger partial charge < -0.3 is 23.7 Å². The topological polar surface area (TPSA) is 46.2 Å². The Morgan fingerprint density at radius 2 is 1.25 bits per heavy atom. The predicted octanol–water partition coefficient (Wildman–Crippen LogP) is 12.9. The summed E-state index contributed by atoms with van der Waals surface area (Å²) < 4.78 is 34.6. The van der Waals surface area contributed by atoms with Crippen LogP contribution in [0.1, 0.15) is 129 Å². The summed E-state index contributed by atoms with van der Waals surface area (Å²) in [5.41, 5.74) is 5.76. The van der Waals surface area contributed by atoms with E-state index < -0.39 is 18.5 Å². The number of hydrogen-bond acceptors (Lipinski definition) is 5. The molecule has 5 heteroatoms. The second-order valence-electron chi connectivity index (χ2n) is 20.3. The molecule has 0 N–H and O–H groups in total. The van der Waals surface area contributed by atoms with Gasteiger partial charge in [-0.3, -0.25) is 0 Å². The normalized spacial score (nSPS) is 36.0. The number of allylic oxidation sites excluding steroid dienone is 1. The minimum Gasteiger partial charge on any atom is -0.368 e. The fraction of sp³-hybridized carbons (Fsp3) is 0.630. The van der Waals surface area contributed by atoms with E-state index in [1.807, 2.05) is 18.2 Å². The van der Waals surface area contributed by atoms with E-state index in [9.17, 15) is 0 Å². The van der Waals surface area contributed by atoms with Gasteiger partial charge in [-0.1, -0.05) is 157 Å². The van der Waals surface area contributed by atoms with Crippen LogP contribution in [-0.2, 0) is 43.5 Å². The van der Waals surface area contributed by atoms with Gasteiger partial charge in [-0.05, 0) is 121 Å². The van der Waals surface area contributed by atoms with Gasteiger partial charge in [-0.15, -0.1) is 0 Å². The van der Waals surface area contributed by atoms with Crippen LogP contribution < -0.4 is 0 Å². The molecule has 1 heterocycles. The van der Waals surface area contributed by atoms with Gasteiger partial charge >= 0.3 is 0 Å². The number of benzene rings is 3. The number of fused-ring (bicyclic) bond motifs is 5. The molecule has 4 aliphatic carbocycles. The van der Waals surface area contributed by atoms with Crippen molar-refractivity contribution in [1.29, 1.82) is 0 Å². The Hall–Kier alpha value is -2.80. The summed E-state index contributed by atoms with van der Waals surface area (Å²) in [7, 11) is 0. The molecule has 4 fully saturated rings. The van der Waals surface area contributed by atoms with E-state index in [2.05, 4.69) is 120 Å². The van der Waals surface area contributed by atoms with Crippen molar-refractivity contribution in [2.45, 2.75) is 169 Å². The SMILES string of the molecule is CC(C)CCC[C@@H](C)[C@H]1CC[C@H]2[C@@H]3CC=C4CC(O[C@H]5O[C@@H](C)[C@@H](OCc6ccccc6)[C@@H](OCc6ccccc6)[C@@H]5OCc5ccccc5)CC[C@]4(C)[C@H]3CC[C@]12C. The average molecular weight is 803 g/mol. The van der Waals surface area contributed by atoms with Gasteiger partial charge in [-0.25, -0.2) is 0 Å². The number of rotatable bonds is 16. The first kappa shape index (κ1) is 42.9. The molecule has 0 bridgehead atoms. The maximum Gasteiger partial charge on any atom is 0.187 e. The lowest BCUT2D eigenvalue weighted by atomic mass is 9.47. The molecule has 1 aliphatic heterocycles. The van der Waals surface area contributed by atoms with Gasteiger partial charge in [0.25, 0.3) is 0 Å². The van der Waals surface area contributed by atoms with Gasteiger partial charge in [0.1, 0.15) is 18.3 Å². The van der Waals surface area contributed by atoms with Crippen LogP contribution in [0.2, 0.25) is 0 Å². The predicted molar refractivity (Wildman–Crippen MR) is 237 cm³/mol. The Labute approximate surface area is 357 Å². The van der Waals surface area contributed by atoms with Crippen molar-refractivity contribution in [3.63, 3.8) is 0 Å².